The number of likely N-dealkylation sites (N-methyl/N-ethyl adjacent to an activating group) is 1. The smallest absolute Gasteiger partial charge is 0.303 e. The van der Waals surface area contributed by atoms with Gasteiger partial charge in [0.15, 0.2) is 6.29 Å². The van der Waals surface area contributed by atoms with E-state index in [1.54, 1.807) is 0 Å². The van der Waals surface area contributed by atoms with Gasteiger partial charge in [0.1, 0.15) is 0 Å². The Morgan fingerprint density at radius 3 is 2.21 bits per heavy atom. The van der Waals surface area contributed by atoms with Crippen molar-refractivity contribution in [1.29, 1.82) is 0 Å². The van der Waals surface area contributed by atoms with Gasteiger partial charge in [0.05, 0.1) is 31.3 Å². The maximum absolute atomic E-state index is 11.9. The third kappa shape index (κ3) is 8.70. The number of benzene rings is 3. The summed E-state index contributed by atoms with van der Waals surface area (Å²) < 4.78 is 12.9. The van der Waals surface area contributed by atoms with Crippen molar-refractivity contribution in [3.63, 3.8) is 0 Å². The van der Waals surface area contributed by atoms with Crippen molar-refractivity contribution in [3.8, 4) is 0 Å². The standard InChI is InChI=1S/C33H40N2O7/c1-22(32(40)26-6-4-3-5-7-26)35(2)20-28-18-29(25-12-10-24(21-36)11-13-25)42-33(41-28)27-14-8-23(9-15-27)19-34-30(37)16-17-31(38)39/h3-15,22,28-29,32-33,36,40H,16-21H2,1-2H3,(H,34,37)(H,38,39)/t22-,28-,29+,32-,33+/m0/s1. The minimum Gasteiger partial charge on any atom is -0.481 e. The van der Waals surface area contributed by atoms with Crippen LogP contribution in [0.3, 0.4) is 0 Å². The number of aliphatic hydroxyl groups is 2. The van der Waals surface area contributed by atoms with Gasteiger partial charge in [-0.2, -0.15) is 0 Å². The summed E-state index contributed by atoms with van der Waals surface area (Å²) in [7, 11) is 1.98. The molecule has 0 aliphatic carbocycles. The van der Waals surface area contributed by atoms with Crippen molar-refractivity contribution < 1.29 is 34.4 Å². The van der Waals surface area contributed by atoms with Gasteiger partial charge in [-0.3, -0.25) is 14.5 Å². The molecule has 1 aliphatic rings. The Bertz CT molecular complexity index is 1280. The molecule has 224 valence electrons. The Kier molecular flexibility index (Phi) is 11.2. The third-order valence-corrected chi connectivity index (χ3v) is 7.71. The highest BCUT2D eigenvalue weighted by molar-refractivity contribution is 5.80. The van der Waals surface area contributed by atoms with Crippen LogP contribution in [0.1, 0.15) is 72.5 Å². The zero-order valence-corrected chi connectivity index (χ0v) is 24.1. The molecule has 4 rings (SSSR count). The lowest BCUT2D eigenvalue weighted by Crippen LogP contribution is -2.43. The quantitative estimate of drug-likeness (QED) is 0.238. The lowest BCUT2D eigenvalue weighted by atomic mass is 9.98. The number of carboxylic acid groups (broad SMARTS) is 1. The number of amides is 1. The van der Waals surface area contributed by atoms with Crippen LogP contribution in [0, 0.1) is 0 Å². The Labute approximate surface area is 246 Å². The van der Waals surface area contributed by atoms with E-state index in [9.17, 15) is 19.8 Å². The van der Waals surface area contributed by atoms with Crippen molar-refractivity contribution in [2.45, 2.75) is 70.0 Å². The van der Waals surface area contributed by atoms with E-state index in [4.69, 9.17) is 14.6 Å². The molecule has 0 aromatic heterocycles. The van der Waals surface area contributed by atoms with E-state index in [1.165, 1.54) is 0 Å². The van der Waals surface area contributed by atoms with Crippen LogP contribution in [0.25, 0.3) is 0 Å². The van der Waals surface area contributed by atoms with E-state index in [2.05, 4.69) is 10.2 Å². The zero-order valence-electron chi connectivity index (χ0n) is 24.1. The molecule has 9 heteroatoms. The molecule has 1 saturated heterocycles. The molecular formula is C33H40N2O7. The molecule has 3 aromatic carbocycles. The number of ether oxygens (including phenoxy) is 2. The predicted molar refractivity (Wildman–Crippen MR) is 157 cm³/mol. The number of hydrogen-bond donors (Lipinski definition) is 4. The highest BCUT2D eigenvalue weighted by atomic mass is 16.7. The number of nitrogens with one attached hydrogen (secondary N) is 1. The molecule has 42 heavy (non-hydrogen) atoms. The normalized spacial score (nSPS) is 20.2. The summed E-state index contributed by atoms with van der Waals surface area (Å²) in [5.41, 5.74) is 4.38. The molecule has 0 bridgehead atoms. The molecule has 0 unspecified atom stereocenters. The molecule has 5 atom stereocenters. The van der Waals surface area contributed by atoms with E-state index in [0.717, 1.165) is 27.8 Å². The first-order chi connectivity index (χ1) is 20.2. The van der Waals surface area contributed by atoms with Crippen LogP contribution >= 0.6 is 0 Å². The Morgan fingerprint density at radius 2 is 1.57 bits per heavy atom. The Morgan fingerprint density at radius 1 is 0.929 bits per heavy atom. The SMILES string of the molecule is C[C@@H]([C@H](O)c1ccccc1)N(C)C[C@@H]1C[C@H](c2ccc(CO)cc2)O[C@H](c2ccc(CNC(=O)CCC(=O)O)cc2)O1. The second kappa shape index (κ2) is 15.0. The molecule has 3 aromatic rings. The van der Waals surface area contributed by atoms with Crippen LogP contribution in [0.5, 0.6) is 0 Å². The number of rotatable bonds is 13. The zero-order chi connectivity index (χ0) is 30.1. The predicted octanol–water partition coefficient (Wildman–Crippen LogP) is 4.26. The fraction of sp³-hybridized carbons (Fsp3) is 0.394. The van der Waals surface area contributed by atoms with E-state index < -0.39 is 18.4 Å². The van der Waals surface area contributed by atoms with Gasteiger partial charge in [0.25, 0.3) is 0 Å². The number of carboxylic acids is 1. The minimum absolute atomic E-state index is 0.0288. The van der Waals surface area contributed by atoms with Gasteiger partial charge >= 0.3 is 5.97 Å². The van der Waals surface area contributed by atoms with Crippen molar-refractivity contribution in [1.82, 2.24) is 10.2 Å². The number of carbonyl (C=O) groups excluding carboxylic acids is 1. The Hall–Kier alpha value is -3.60. The van der Waals surface area contributed by atoms with Crippen LogP contribution in [-0.2, 0) is 32.2 Å². The summed E-state index contributed by atoms with van der Waals surface area (Å²) >= 11 is 0. The third-order valence-electron chi connectivity index (χ3n) is 7.71. The number of hydrogen-bond acceptors (Lipinski definition) is 7. The molecule has 9 nitrogen and oxygen atoms in total. The average molecular weight is 577 g/mol. The minimum atomic E-state index is -1.00. The molecule has 1 aliphatic heterocycles. The van der Waals surface area contributed by atoms with Crippen LogP contribution in [0.2, 0.25) is 0 Å². The fourth-order valence-corrected chi connectivity index (χ4v) is 4.99. The van der Waals surface area contributed by atoms with Crippen LogP contribution in [-0.4, -0.2) is 57.8 Å². The van der Waals surface area contributed by atoms with Gasteiger partial charge in [-0.25, -0.2) is 0 Å². The average Bonchev–Trinajstić information content (AvgIpc) is 3.02. The van der Waals surface area contributed by atoms with E-state index >= 15 is 0 Å². The molecule has 0 spiro atoms. The number of aliphatic hydroxyl groups excluding tert-OH is 2. The van der Waals surface area contributed by atoms with E-state index in [-0.39, 0.29) is 43.6 Å². The molecule has 1 heterocycles. The number of nitrogens with zero attached hydrogens (tertiary/aromatic N) is 1. The second-order valence-electron chi connectivity index (χ2n) is 10.8. The van der Waals surface area contributed by atoms with Crippen LogP contribution in [0.4, 0.5) is 0 Å². The number of aliphatic carboxylic acids is 1. The van der Waals surface area contributed by atoms with Crippen LogP contribution < -0.4 is 5.32 Å². The van der Waals surface area contributed by atoms with Gasteiger partial charge in [0.2, 0.25) is 5.91 Å². The summed E-state index contributed by atoms with van der Waals surface area (Å²) in [6.45, 7) is 2.84. The van der Waals surface area contributed by atoms with Gasteiger partial charge in [0, 0.05) is 37.5 Å². The lowest BCUT2D eigenvalue weighted by Gasteiger charge is -2.39. The highest BCUT2D eigenvalue weighted by Gasteiger charge is 2.34. The molecular weight excluding hydrogens is 536 g/mol. The summed E-state index contributed by atoms with van der Waals surface area (Å²) in [6.07, 6.45) is -1.35. The topological polar surface area (TPSA) is 129 Å². The molecule has 1 amide bonds. The van der Waals surface area contributed by atoms with E-state index in [0.29, 0.717) is 19.5 Å². The monoisotopic (exact) mass is 576 g/mol. The number of carbonyl (C=O) groups is 2. The van der Waals surface area contributed by atoms with Gasteiger partial charge in [-0.15, -0.1) is 0 Å². The summed E-state index contributed by atoms with van der Waals surface area (Å²) in [4.78, 5) is 24.7. The van der Waals surface area contributed by atoms with Gasteiger partial charge in [-0.05, 0) is 36.2 Å². The van der Waals surface area contributed by atoms with Crippen molar-refractivity contribution in [2.24, 2.45) is 0 Å². The summed E-state index contributed by atoms with van der Waals surface area (Å²) in [5, 5.41) is 31.9. The summed E-state index contributed by atoms with van der Waals surface area (Å²) in [5.74, 6) is -1.31. The molecule has 0 saturated carbocycles. The maximum atomic E-state index is 11.9. The van der Waals surface area contributed by atoms with E-state index in [1.807, 2.05) is 92.8 Å². The molecule has 1 fully saturated rings. The first kappa shape index (κ1) is 31.3. The molecule has 0 radical (unpaired) electrons. The van der Waals surface area contributed by atoms with Gasteiger partial charge in [-0.1, -0.05) is 78.9 Å². The van der Waals surface area contributed by atoms with Gasteiger partial charge < -0.3 is 30.1 Å². The van der Waals surface area contributed by atoms with Crippen LogP contribution in [0.15, 0.2) is 78.9 Å². The largest absolute Gasteiger partial charge is 0.481 e. The van der Waals surface area contributed by atoms with Crippen molar-refractivity contribution >= 4 is 11.9 Å². The Balaban J connectivity index is 1.45. The first-order valence-electron chi connectivity index (χ1n) is 14.2. The highest BCUT2D eigenvalue weighted by Crippen LogP contribution is 2.38. The summed E-state index contributed by atoms with van der Waals surface area (Å²) in [6, 6.07) is 24.8. The first-order valence-corrected chi connectivity index (χ1v) is 14.2. The lowest BCUT2D eigenvalue weighted by molar-refractivity contribution is -0.253. The van der Waals surface area contributed by atoms with Crippen molar-refractivity contribution in [2.75, 3.05) is 13.6 Å². The molecule has 4 N–H and O–H groups in total. The fourth-order valence-electron chi connectivity index (χ4n) is 4.99. The maximum Gasteiger partial charge on any atom is 0.303 e. The second-order valence-corrected chi connectivity index (χ2v) is 10.8. The van der Waals surface area contributed by atoms with Crippen molar-refractivity contribution in [3.05, 3.63) is 107 Å².